The van der Waals surface area contributed by atoms with Gasteiger partial charge in [-0.3, -0.25) is 19.5 Å². The molecule has 6 heteroatoms. The molecule has 1 aliphatic rings. The smallest absolute Gasteiger partial charge is 0.272 e. The molecule has 2 amide bonds. The van der Waals surface area contributed by atoms with Gasteiger partial charge in [0.15, 0.2) is 0 Å². The molecule has 1 fully saturated rings. The average molecular weight is 366 g/mol. The Kier molecular flexibility index (Phi) is 6.19. The summed E-state index contributed by atoms with van der Waals surface area (Å²) >= 11 is 0. The van der Waals surface area contributed by atoms with E-state index in [0.29, 0.717) is 25.3 Å². The maximum atomic E-state index is 12.7. The van der Waals surface area contributed by atoms with E-state index >= 15 is 0 Å². The van der Waals surface area contributed by atoms with Gasteiger partial charge < -0.3 is 10.2 Å². The number of aromatic nitrogens is 1. The second kappa shape index (κ2) is 8.77. The Bertz CT molecular complexity index is 794. The maximum absolute atomic E-state index is 12.7. The minimum Gasteiger partial charge on any atom is -0.336 e. The Morgan fingerprint density at radius 3 is 2.56 bits per heavy atom. The summed E-state index contributed by atoms with van der Waals surface area (Å²) in [5.74, 6) is -0.0664. The molecule has 0 radical (unpaired) electrons. The number of aryl methyl sites for hydroxylation is 1. The van der Waals surface area contributed by atoms with E-state index in [0.717, 1.165) is 24.2 Å². The highest BCUT2D eigenvalue weighted by atomic mass is 16.2. The Morgan fingerprint density at radius 1 is 1.04 bits per heavy atom. The van der Waals surface area contributed by atoms with Gasteiger partial charge in [-0.15, -0.1) is 0 Å². The first-order valence-electron chi connectivity index (χ1n) is 9.37. The van der Waals surface area contributed by atoms with Crippen molar-refractivity contribution in [2.24, 2.45) is 0 Å². The predicted octanol–water partition coefficient (Wildman–Crippen LogP) is 2.57. The summed E-state index contributed by atoms with van der Waals surface area (Å²) in [5, 5.41) is 3.02. The lowest BCUT2D eigenvalue weighted by atomic mass is 10.2. The average Bonchev–Trinajstić information content (AvgIpc) is 2.95. The quantitative estimate of drug-likeness (QED) is 0.903. The second-order valence-electron chi connectivity index (χ2n) is 6.88. The van der Waals surface area contributed by atoms with Crippen molar-refractivity contribution in [3.8, 4) is 0 Å². The van der Waals surface area contributed by atoms with Crippen molar-refractivity contribution >= 4 is 17.5 Å². The third-order valence-corrected chi connectivity index (χ3v) is 5.03. The summed E-state index contributed by atoms with van der Waals surface area (Å²) in [4.78, 5) is 33.4. The fourth-order valence-electron chi connectivity index (χ4n) is 3.30. The Hall–Kier alpha value is -2.73. The molecule has 27 heavy (non-hydrogen) atoms. The first-order valence-corrected chi connectivity index (χ1v) is 9.37. The molecule has 0 spiro atoms. The largest absolute Gasteiger partial charge is 0.336 e. The van der Waals surface area contributed by atoms with Crippen molar-refractivity contribution in [3.63, 3.8) is 0 Å². The zero-order chi connectivity index (χ0) is 19.2. The summed E-state index contributed by atoms with van der Waals surface area (Å²) in [6, 6.07) is 12.9. The molecular weight excluding hydrogens is 340 g/mol. The molecule has 0 unspecified atom stereocenters. The number of para-hydroxylation sites is 1. The van der Waals surface area contributed by atoms with Gasteiger partial charge in [-0.1, -0.05) is 24.3 Å². The number of hydrogen-bond donors (Lipinski definition) is 1. The highest BCUT2D eigenvalue weighted by molar-refractivity contribution is 5.95. The van der Waals surface area contributed by atoms with E-state index in [1.54, 1.807) is 18.3 Å². The first kappa shape index (κ1) is 19.0. The van der Waals surface area contributed by atoms with Crippen LogP contribution in [-0.4, -0.2) is 58.8 Å². The molecular formula is C21H26N4O2. The van der Waals surface area contributed by atoms with Crippen LogP contribution < -0.4 is 5.32 Å². The van der Waals surface area contributed by atoms with E-state index in [-0.39, 0.29) is 17.9 Å². The van der Waals surface area contributed by atoms with Crippen LogP contribution in [0.2, 0.25) is 0 Å². The van der Waals surface area contributed by atoms with Crippen LogP contribution in [0.25, 0.3) is 0 Å². The summed E-state index contributed by atoms with van der Waals surface area (Å²) in [6.07, 6.45) is 2.47. The second-order valence-corrected chi connectivity index (χ2v) is 6.88. The van der Waals surface area contributed by atoms with Crippen molar-refractivity contribution in [3.05, 3.63) is 59.9 Å². The zero-order valence-electron chi connectivity index (χ0n) is 15.9. The minimum absolute atomic E-state index is 0.0196. The molecule has 3 rings (SSSR count). The van der Waals surface area contributed by atoms with Gasteiger partial charge in [0.25, 0.3) is 5.91 Å². The predicted molar refractivity (Wildman–Crippen MR) is 106 cm³/mol. The molecule has 142 valence electrons. The van der Waals surface area contributed by atoms with Crippen molar-refractivity contribution in [2.75, 3.05) is 31.5 Å². The molecule has 1 aromatic carbocycles. The number of carbonyl (C=O) groups excluding carboxylic acids is 2. The maximum Gasteiger partial charge on any atom is 0.272 e. The van der Waals surface area contributed by atoms with Gasteiger partial charge in [0.05, 0.1) is 6.04 Å². The monoisotopic (exact) mass is 366 g/mol. The van der Waals surface area contributed by atoms with Gasteiger partial charge in [0.2, 0.25) is 5.91 Å². The lowest BCUT2D eigenvalue weighted by molar-refractivity contribution is -0.120. The Balaban J connectivity index is 1.59. The molecule has 0 bridgehead atoms. The van der Waals surface area contributed by atoms with Crippen molar-refractivity contribution in [1.82, 2.24) is 14.8 Å². The third-order valence-electron chi connectivity index (χ3n) is 5.03. The molecule has 2 heterocycles. The summed E-state index contributed by atoms with van der Waals surface area (Å²) in [7, 11) is 0. The highest BCUT2D eigenvalue weighted by Gasteiger charge is 2.26. The number of hydrogen-bond acceptors (Lipinski definition) is 4. The number of rotatable bonds is 4. The van der Waals surface area contributed by atoms with Gasteiger partial charge in [-0.05, 0) is 44.0 Å². The number of nitrogens with zero attached hydrogens (tertiary/aromatic N) is 3. The molecule has 1 atom stereocenters. The van der Waals surface area contributed by atoms with Crippen molar-refractivity contribution < 1.29 is 9.59 Å². The summed E-state index contributed by atoms with van der Waals surface area (Å²) in [6.45, 7) is 6.63. The van der Waals surface area contributed by atoms with E-state index in [1.165, 1.54) is 0 Å². The number of nitrogens with one attached hydrogen (secondary N) is 1. The minimum atomic E-state index is -0.255. The number of carbonyl (C=O) groups is 2. The van der Waals surface area contributed by atoms with E-state index in [1.807, 2.05) is 49.1 Å². The summed E-state index contributed by atoms with van der Waals surface area (Å²) in [5.41, 5.74) is 2.36. The molecule has 1 aliphatic heterocycles. The van der Waals surface area contributed by atoms with Crippen LogP contribution >= 0.6 is 0 Å². The van der Waals surface area contributed by atoms with E-state index in [2.05, 4.69) is 15.2 Å². The molecule has 0 aliphatic carbocycles. The number of pyridine rings is 1. The van der Waals surface area contributed by atoms with Gasteiger partial charge in [0.1, 0.15) is 5.69 Å². The van der Waals surface area contributed by atoms with Crippen LogP contribution in [0.5, 0.6) is 0 Å². The van der Waals surface area contributed by atoms with Gasteiger partial charge in [-0.25, -0.2) is 0 Å². The van der Waals surface area contributed by atoms with Crippen molar-refractivity contribution in [1.29, 1.82) is 0 Å². The van der Waals surface area contributed by atoms with Crippen LogP contribution in [0.4, 0.5) is 5.69 Å². The Labute approximate surface area is 160 Å². The lowest BCUT2D eigenvalue weighted by Gasteiger charge is -2.27. The molecule has 6 nitrogen and oxygen atoms in total. The summed E-state index contributed by atoms with van der Waals surface area (Å²) < 4.78 is 0. The lowest BCUT2D eigenvalue weighted by Crippen LogP contribution is -2.44. The fourth-order valence-corrected chi connectivity index (χ4v) is 3.30. The van der Waals surface area contributed by atoms with Gasteiger partial charge in [-0.2, -0.15) is 0 Å². The van der Waals surface area contributed by atoms with Gasteiger partial charge >= 0.3 is 0 Å². The van der Waals surface area contributed by atoms with E-state index in [9.17, 15) is 9.59 Å². The molecule has 1 N–H and O–H groups in total. The highest BCUT2D eigenvalue weighted by Crippen LogP contribution is 2.15. The SMILES string of the molecule is Cc1ccccc1NC(=O)[C@@H](C)N1CCCN(C(=O)c2ccccn2)CC1. The third kappa shape index (κ3) is 4.71. The molecule has 0 saturated carbocycles. The standard InChI is InChI=1S/C21H26N4O2/c1-16-8-3-4-9-18(16)23-20(26)17(2)24-12-7-13-25(15-14-24)21(27)19-10-5-6-11-22-19/h3-6,8-11,17H,7,12-15H2,1-2H3,(H,23,26)/t17-/m1/s1. The van der Waals surface area contributed by atoms with Crippen LogP contribution in [0.3, 0.4) is 0 Å². The van der Waals surface area contributed by atoms with Crippen LogP contribution in [-0.2, 0) is 4.79 Å². The number of anilines is 1. The van der Waals surface area contributed by atoms with Gasteiger partial charge in [0, 0.05) is 38.1 Å². The zero-order valence-corrected chi connectivity index (χ0v) is 15.9. The normalized spacial score (nSPS) is 16.4. The van der Waals surface area contributed by atoms with Crippen LogP contribution in [0.1, 0.15) is 29.4 Å². The van der Waals surface area contributed by atoms with E-state index < -0.39 is 0 Å². The molecule has 1 saturated heterocycles. The topological polar surface area (TPSA) is 65.5 Å². The number of benzene rings is 1. The molecule has 2 aromatic rings. The van der Waals surface area contributed by atoms with E-state index in [4.69, 9.17) is 0 Å². The Morgan fingerprint density at radius 2 is 1.81 bits per heavy atom. The van der Waals surface area contributed by atoms with Crippen LogP contribution in [0, 0.1) is 6.92 Å². The van der Waals surface area contributed by atoms with Crippen LogP contribution in [0.15, 0.2) is 48.7 Å². The first-order chi connectivity index (χ1) is 13.1. The molecule has 1 aromatic heterocycles. The number of amides is 2. The fraction of sp³-hybridized carbons (Fsp3) is 0.381. The van der Waals surface area contributed by atoms with Crippen molar-refractivity contribution in [2.45, 2.75) is 26.3 Å².